The summed E-state index contributed by atoms with van der Waals surface area (Å²) in [5.41, 5.74) is 0.101. The molecular weight excluding hydrogens is 294 g/mol. The van der Waals surface area contributed by atoms with Gasteiger partial charge in [-0.3, -0.25) is 4.79 Å². The first-order valence-corrected chi connectivity index (χ1v) is 8.24. The molecule has 0 radical (unpaired) electrons. The molecule has 1 amide bonds. The van der Waals surface area contributed by atoms with Crippen LogP contribution in [0.5, 0.6) is 0 Å². The van der Waals surface area contributed by atoms with Crippen LogP contribution in [0.2, 0.25) is 0 Å². The zero-order chi connectivity index (χ0) is 17.2. The summed E-state index contributed by atoms with van der Waals surface area (Å²) in [4.78, 5) is 16.7. The molecule has 0 spiro atoms. The molecule has 6 nitrogen and oxygen atoms in total. The van der Waals surface area contributed by atoms with E-state index in [1.165, 1.54) is 0 Å². The van der Waals surface area contributed by atoms with E-state index >= 15 is 0 Å². The van der Waals surface area contributed by atoms with Gasteiger partial charge in [0.25, 0.3) is 5.91 Å². The maximum absolute atomic E-state index is 12.6. The van der Waals surface area contributed by atoms with Crippen LogP contribution >= 0.6 is 0 Å². The highest BCUT2D eigenvalue weighted by Gasteiger charge is 2.29. The summed E-state index contributed by atoms with van der Waals surface area (Å²) < 4.78 is 10.9. The number of hydrogen-bond donors (Lipinski definition) is 0. The number of ether oxygens (including phenoxy) is 1. The van der Waals surface area contributed by atoms with Crippen LogP contribution in [0, 0.1) is 0 Å². The predicted molar refractivity (Wildman–Crippen MR) is 88.3 cm³/mol. The maximum atomic E-state index is 12.6. The van der Waals surface area contributed by atoms with Crippen LogP contribution in [-0.4, -0.2) is 59.2 Å². The summed E-state index contributed by atoms with van der Waals surface area (Å²) in [6, 6.07) is 2.42. The fraction of sp³-hybridized carbons (Fsp3) is 0.765. The van der Waals surface area contributed by atoms with Crippen LogP contribution in [0.3, 0.4) is 0 Å². The highest BCUT2D eigenvalue weighted by molar-refractivity contribution is 5.92. The Hall–Kier alpha value is -1.40. The summed E-state index contributed by atoms with van der Waals surface area (Å²) in [5, 5.41) is 3.91. The van der Waals surface area contributed by atoms with E-state index in [9.17, 15) is 4.79 Å². The zero-order valence-electron chi connectivity index (χ0n) is 15.1. The molecule has 0 bridgehead atoms. The fourth-order valence-corrected chi connectivity index (χ4v) is 2.73. The normalized spacial score (nSPS) is 23.0. The van der Waals surface area contributed by atoms with E-state index in [-0.39, 0.29) is 17.6 Å². The van der Waals surface area contributed by atoms with Gasteiger partial charge in [-0.25, -0.2) is 0 Å². The minimum Gasteiger partial charge on any atom is -0.368 e. The average molecular weight is 323 g/mol. The Bertz CT molecular complexity index is 535. The second kappa shape index (κ2) is 7.01. The third-order valence-electron chi connectivity index (χ3n) is 4.47. The number of rotatable bonds is 4. The smallest absolute Gasteiger partial charge is 0.276 e. The molecule has 1 aromatic heterocycles. The molecule has 2 heterocycles. The minimum atomic E-state index is -0.252. The van der Waals surface area contributed by atoms with Crippen LogP contribution in [0.4, 0.5) is 0 Å². The zero-order valence-corrected chi connectivity index (χ0v) is 15.1. The van der Waals surface area contributed by atoms with Gasteiger partial charge in [0, 0.05) is 31.7 Å². The lowest BCUT2D eigenvalue weighted by Gasteiger charge is -2.39. The maximum Gasteiger partial charge on any atom is 0.276 e. The van der Waals surface area contributed by atoms with Crippen molar-refractivity contribution in [3.05, 3.63) is 17.5 Å². The molecule has 6 heteroatoms. The van der Waals surface area contributed by atoms with Crippen molar-refractivity contribution in [2.24, 2.45) is 0 Å². The molecule has 0 aliphatic carbocycles. The largest absolute Gasteiger partial charge is 0.368 e. The number of carbonyl (C=O) groups is 1. The molecule has 2 rings (SSSR count). The SMILES string of the molecule is C[C@@H]1C[C@@H](N(C)C(=O)c2cc(COC(C)(C)C)on2)CCN1C. The van der Waals surface area contributed by atoms with Gasteiger partial charge < -0.3 is 19.1 Å². The van der Waals surface area contributed by atoms with Crippen molar-refractivity contribution in [3.8, 4) is 0 Å². The Morgan fingerprint density at radius 3 is 2.83 bits per heavy atom. The van der Waals surface area contributed by atoms with Crippen molar-refractivity contribution in [1.82, 2.24) is 15.0 Å². The van der Waals surface area contributed by atoms with E-state index in [2.05, 4.69) is 24.0 Å². The summed E-state index contributed by atoms with van der Waals surface area (Å²) in [7, 11) is 3.98. The van der Waals surface area contributed by atoms with Crippen molar-refractivity contribution in [2.45, 2.75) is 64.8 Å². The van der Waals surface area contributed by atoms with E-state index in [0.29, 0.717) is 24.1 Å². The van der Waals surface area contributed by atoms with Gasteiger partial charge in [0.05, 0.1) is 5.60 Å². The number of hydrogen-bond acceptors (Lipinski definition) is 5. The third kappa shape index (κ3) is 4.78. The van der Waals surface area contributed by atoms with Crippen molar-refractivity contribution in [2.75, 3.05) is 20.6 Å². The second-order valence-electron chi connectivity index (χ2n) is 7.50. The van der Waals surface area contributed by atoms with Crippen molar-refractivity contribution < 1.29 is 14.1 Å². The van der Waals surface area contributed by atoms with E-state index in [1.807, 2.05) is 27.8 Å². The second-order valence-corrected chi connectivity index (χ2v) is 7.50. The molecule has 0 N–H and O–H groups in total. The first kappa shape index (κ1) is 17.9. The number of aromatic nitrogens is 1. The molecule has 1 aliphatic heterocycles. The van der Waals surface area contributed by atoms with Crippen LogP contribution in [-0.2, 0) is 11.3 Å². The molecule has 23 heavy (non-hydrogen) atoms. The fourth-order valence-electron chi connectivity index (χ4n) is 2.73. The molecule has 0 saturated carbocycles. The lowest BCUT2D eigenvalue weighted by Crippen LogP contribution is -2.48. The topological polar surface area (TPSA) is 58.8 Å². The lowest BCUT2D eigenvalue weighted by molar-refractivity contribution is -0.0241. The first-order valence-electron chi connectivity index (χ1n) is 8.24. The molecule has 1 aromatic rings. The van der Waals surface area contributed by atoms with Crippen LogP contribution in [0.1, 0.15) is 56.8 Å². The molecule has 1 aliphatic rings. The molecule has 1 fully saturated rings. The molecule has 0 aromatic carbocycles. The predicted octanol–water partition coefficient (Wildman–Crippen LogP) is 2.54. The van der Waals surface area contributed by atoms with Gasteiger partial charge in [-0.15, -0.1) is 0 Å². The Morgan fingerprint density at radius 2 is 2.22 bits per heavy atom. The number of piperidine rings is 1. The van der Waals surface area contributed by atoms with Gasteiger partial charge in [0.2, 0.25) is 0 Å². The van der Waals surface area contributed by atoms with Gasteiger partial charge >= 0.3 is 0 Å². The molecule has 1 saturated heterocycles. The summed E-state index contributed by atoms with van der Waals surface area (Å²) in [6.45, 7) is 9.45. The highest BCUT2D eigenvalue weighted by Crippen LogP contribution is 2.21. The van der Waals surface area contributed by atoms with Crippen molar-refractivity contribution in [1.29, 1.82) is 0 Å². The standard InChI is InChI=1S/C17H29N3O3/c1-12-9-13(7-8-19(12)5)20(6)16(21)15-10-14(23-18-15)11-22-17(2,3)4/h10,12-13H,7-9,11H2,1-6H3/t12-,13+/m1/s1. The highest BCUT2D eigenvalue weighted by atomic mass is 16.5. The van der Waals surface area contributed by atoms with Gasteiger partial charge in [-0.1, -0.05) is 5.16 Å². The minimum absolute atomic E-state index is 0.0856. The molecule has 0 unspecified atom stereocenters. The summed E-state index contributed by atoms with van der Waals surface area (Å²) in [5.74, 6) is 0.492. The van der Waals surface area contributed by atoms with Crippen molar-refractivity contribution in [3.63, 3.8) is 0 Å². The monoisotopic (exact) mass is 323 g/mol. The summed E-state index contributed by atoms with van der Waals surface area (Å²) in [6.07, 6.45) is 1.97. The lowest BCUT2D eigenvalue weighted by atomic mass is 9.97. The number of carbonyl (C=O) groups excluding carboxylic acids is 1. The molecular formula is C17H29N3O3. The molecule has 2 atom stereocenters. The van der Waals surface area contributed by atoms with Gasteiger partial charge in [0.1, 0.15) is 6.61 Å². The van der Waals surface area contributed by atoms with Crippen LogP contribution < -0.4 is 0 Å². The summed E-state index contributed by atoms with van der Waals surface area (Å²) >= 11 is 0. The third-order valence-corrected chi connectivity index (χ3v) is 4.47. The van der Waals surface area contributed by atoms with E-state index in [4.69, 9.17) is 9.26 Å². The Labute approximate surface area is 138 Å². The Balaban J connectivity index is 1.96. The van der Waals surface area contributed by atoms with Crippen molar-refractivity contribution >= 4 is 5.91 Å². The van der Waals surface area contributed by atoms with Gasteiger partial charge in [0.15, 0.2) is 11.5 Å². The average Bonchev–Trinajstić information content (AvgIpc) is 2.95. The molecule has 130 valence electrons. The van der Waals surface area contributed by atoms with E-state index in [1.54, 1.807) is 11.0 Å². The number of nitrogens with zero attached hydrogens (tertiary/aromatic N) is 3. The van der Waals surface area contributed by atoms with Gasteiger partial charge in [-0.05, 0) is 47.6 Å². The quantitative estimate of drug-likeness (QED) is 0.852. The van der Waals surface area contributed by atoms with Crippen LogP contribution in [0.25, 0.3) is 0 Å². The van der Waals surface area contributed by atoms with E-state index in [0.717, 1.165) is 19.4 Å². The Morgan fingerprint density at radius 1 is 1.52 bits per heavy atom. The van der Waals surface area contributed by atoms with Crippen LogP contribution in [0.15, 0.2) is 10.6 Å². The van der Waals surface area contributed by atoms with Gasteiger partial charge in [-0.2, -0.15) is 0 Å². The Kier molecular flexibility index (Phi) is 5.47. The van der Waals surface area contributed by atoms with E-state index < -0.39 is 0 Å². The first-order chi connectivity index (χ1) is 10.7. The number of amides is 1. The number of likely N-dealkylation sites (tertiary alicyclic amines) is 1.